The Hall–Kier alpha value is -2.31. The minimum atomic E-state index is -1.39. The lowest BCUT2D eigenvalue weighted by atomic mass is 9.93. The van der Waals surface area contributed by atoms with E-state index in [9.17, 15) is 9.59 Å². The first-order chi connectivity index (χ1) is 10.2. The zero-order valence-electron chi connectivity index (χ0n) is 13.7. The van der Waals surface area contributed by atoms with Crippen molar-refractivity contribution in [2.24, 2.45) is 0 Å². The van der Waals surface area contributed by atoms with Gasteiger partial charge in [0.1, 0.15) is 28.9 Å². The number of nitrogens with zero attached hydrogens (tertiary/aromatic N) is 1. The normalized spacial score (nSPS) is 13.7. The van der Waals surface area contributed by atoms with Gasteiger partial charge in [-0.05, 0) is 27.7 Å². The average molecular weight is 310 g/mol. The van der Waals surface area contributed by atoms with Crippen LogP contribution in [0, 0.1) is 0 Å². The van der Waals surface area contributed by atoms with Gasteiger partial charge in [-0.3, -0.25) is 4.98 Å². The Balaban J connectivity index is 3.24. The molecule has 7 heteroatoms. The molecule has 1 unspecified atom stereocenters. The smallest absolute Gasteiger partial charge is 0.408 e. The Morgan fingerprint density at radius 3 is 2.00 bits per heavy atom. The van der Waals surface area contributed by atoms with Crippen LogP contribution < -0.4 is 14.8 Å². The summed E-state index contributed by atoms with van der Waals surface area (Å²) in [4.78, 5) is 27.6. The maximum atomic E-state index is 12.0. The Kier molecular flexibility index (Phi) is 5.35. The van der Waals surface area contributed by atoms with Crippen LogP contribution in [-0.4, -0.2) is 37.2 Å². The molecule has 1 N–H and O–H groups in total. The number of carbonyl (C=O) groups is 2. The quantitative estimate of drug-likeness (QED) is 0.837. The summed E-state index contributed by atoms with van der Waals surface area (Å²) in [6.45, 7) is 6.74. The van der Waals surface area contributed by atoms with Crippen LogP contribution in [0.2, 0.25) is 0 Å². The van der Waals surface area contributed by atoms with Crippen LogP contribution in [0.5, 0.6) is 11.5 Å². The summed E-state index contributed by atoms with van der Waals surface area (Å²) in [7, 11) is 2.89. The van der Waals surface area contributed by atoms with Gasteiger partial charge >= 0.3 is 6.09 Å². The molecular weight excluding hydrogens is 288 g/mol. The molecule has 0 aromatic carbocycles. The molecule has 0 spiro atoms. The molecule has 1 atom stereocenters. The van der Waals surface area contributed by atoms with Gasteiger partial charge in [0.2, 0.25) is 0 Å². The van der Waals surface area contributed by atoms with E-state index in [2.05, 4.69) is 10.3 Å². The Morgan fingerprint density at radius 2 is 1.64 bits per heavy atom. The summed E-state index contributed by atoms with van der Waals surface area (Å²) in [6.07, 6.45) is 2.76. The van der Waals surface area contributed by atoms with Crippen molar-refractivity contribution in [2.75, 3.05) is 14.2 Å². The first-order valence-corrected chi connectivity index (χ1v) is 6.71. The fourth-order valence-electron chi connectivity index (χ4n) is 1.91. The van der Waals surface area contributed by atoms with Crippen LogP contribution in [-0.2, 0) is 15.1 Å². The highest BCUT2D eigenvalue weighted by Gasteiger charge is 2.36. The molecule has 1 aromatic heterocycles. The third kappa shape index (κ3) is 4.09. The van der Waals surface area contributed by atoms with Crippen LogP contribution in [0.15, 0.2) is 12.4 Å². The van der Waals surface area contributed by atoms with E-state index in [-0.39, 0.29) is 0 Å². The third-order valence-electron chi connectivity index (χ3n) is 2.83. The number of carbonyl (C=O) groups excluding carboxylic acids is 2. The van der Waals surface area contributed by atoms with Gasteiger partial charge in [-0.2, -0.15) is 0 Å². The number of alkyl carbamates (subject to hydrolysis) is 1. The predicted octanol–water partition coefficient (Wildman–Crippen LogP) is 2.04. The first-order valence-electron chi connectivity index (χ1n) is 6.71. The molecule has 0 saturated heterocycles. The average Bonchev–Trinajstić information content (AvgIpc) is 2.43. The summed E-state index contributed by atoms with van der Waals surface area (Å²) in [6, 6.07) is 0. The zero-order chi connectivity index (χ0) is 17.0. The van der Waals surface area contributed by atoms with Gasteiger partial charge in [-0.25, -0.2) is 4.79 Å². The predicted molar refractivity (Wildman–Crippen MR) is 80.1 cm³/mol. The van der Waals surface area contributed by atoms with E-state index in [1.807, 2.05) is 0 Å². The molecule has 122 valence electrons. The summed E-state index contributed by atoms with van der Waals surface area (Å²) >= 11 is 0. The van der Waals surface area contributed by atoms with Crippen molar-refractivity contribution in [3.05, 3.63) is 18.0 Å². The SMILES string of the molecule is COc1cncc(OC)c1C(C)(C=O)NC(=O)OC(C)(C)C. The Morgan fingerprint density at radius 1 is 1.14 bits per heavy atom. The highest BCUT2D eigenvalue weighted by molar-refractivity contribution is 5.80. The first kappa shape index (κ1) is 17.7. The van der Waals surface area contributed by atoms with Crippen LogP contribution in [0.3, 0.4) is 0 Å². The van der Waals surface area contributed by atoms with E-state index in [1.54, 1.807) is 20.8 Å². The van der Waals surface area contributed by atoms with Crippen molar-refractivity contribution < 1.29 is 23.8 Å². The van der Waals surface area contributed by atoms with Crippen molar-refractivity contribution in [3.8, 4) is 11.5 Å². The summed E-state index contributed by atoms with van der Waals surface area (Å²) in [5.74, 6) is 0.648. The molecule has 0 saturated carbocycles. The monoisotopic (exact) mass is 310 g/mol. The number of aldehydes is 1. The molecule has 0 aliphatic rings. The number of nitrogens with one attached hydrogen (secondary N) is 1. The number of hydrogen-bond acceptors (Lipinski definition) is 6. The molecule has 22 heavy (non-hydrogen) atoms. The number of ether oxygens (including phenoxy) is 3. The van der Waals surface area contributed by atoms with E-state index < -0.39 is 17.2 Å². The second-order valence-corrected chi connectivity index (χ2v) is 5.87. The fourth-order valence-corrected chi connectivity index (χ4v) is 1.91. The molecule has 0 fully saturated rings. The third-order valence-corrected chi connectivity index (χ3v) is 2.83. The topological polar surface area (TPSA) is 86.8 Å². The maximum Gasteiger partial charge on any atom is 0.408 e. The van der Waals surface area contributed by atoms with Crippen molar-refractivity contribution >= 4 is 12.4 Å². The summed E-state index contributed by atoms with van der Waals surface area (Å²) < 4.78 is 15.6. The van der Waals surface area contributed by atoms with Crippen LogP contribution >= 0.6 is 0 Å². The van der Waals surface area contributed by atoms with Gasteiger partial charge in [0.15, 0.2) is 0 Å². The van der Waals surface area contributed by atoms with Crippen molar-refractivity contribution in [2.45, 2.75) is 38.8 Å². The van der Waals surface area contributed by atoms with E-state index in [1.165, 1.54) is 33.5 Å². The number of pyridine rings is 1. The standard InChI is InChI=1S/C15H22N2O5/c1-14(2,3)22-13(19)17-15(4,9-18)12-10(20-5)7-16-8-11(12)21-6/h7-9H,1-6H3,(H,17,19). The minimum Gasteiger partial charge on any atom is -0.495 e. The number of aromatic nitrogens is 1. The number of amides is 1. The molecule has 1 aromatic rings. The second kappa shape index (κ2) is 6.64. The van der Waals surface area contributed by atoms with Gasteiger partial charge in [0, 0.05) is 0 Å². The Bertz CT molecular complexity index is 531. The van der Waals surface area contributed by atoms with E-state index in [0.29, 0.717) is 23.3 Å². The Labute approximate surface area is 130 Å². The van der Waals surface area contributed by atoms with E-state index in [0.717, 1.165) is 0 Å². The van der Waals surface area contributed by atoms with Crippen LogP contribution in [0.25, 0.3) is 0 Å². The molecule has 0 radical (unpaired) electrons. The minimum absolute atomic E-state index is 0.324. The van der Waals surface area contributed by atoms with E-state index >= 15 is 0 Å². The lowest BCUT2D eigenvalue weighted by molar-refractivity contribution is -0.113. The number of hydrogen-bond donors (Lipinski definition) is 1. The zero-order valence-corrected chi connectivity index (χ0v) is 13.7. The highest BCUT2D eigenvalue weighted by atomic mass is 16.6. The number of rotatable bonds is 5. The molecule has 1 rings (SSSR count). The lowest BCUT2D eigenvalue weighted by Gasteiger charge is -2.29. The largest absolute Gasteiger partial charge is 0.495 e. The van der Waals surface area contributed by atoms with Crippen molar-refractivity contribution in [1.82, 2.24) is 10.3 Å². The molecule has 0 aliphatic carbocycles. The van der Waals surface area contributed by atoms with Gasteiger partial charge in [-0.15, -0.1) is 0 Å². The van der Waals surface area contributed by atoms with Gasteiger partial charge in [0.05, 0.1) is 32.2 Å². The molecular formula is C15H22N2O5. The fraction of sp³-hybridized carbons (Fsp3) is 0.533. The van der Waals surface area contributed by atoms with Crippen molar-refractivity contribution in [1.29, 1.82) is 0 Å². The molecule has 7 nitrogen and oxygen atoms in total. The van der Waals surface area contributed by atoms with Crippen LogP contribution in [0.4, 0.5) is 4.79 Å². The number of methoxy groups -OCH3 is 2. The summed E-state index contributed by atoms with van der Waals surface area (Å²) in [5, 5.41) is 2.55. The molecule has 1 heterocycles. The summed E-state index contributed by atoms with van der Waals surface area (Å²) in [5.41, 5.74) is -1.70. The maximum absolute atomic E-state index is 12.0. The van der Waals surface area contributed by atoms with E-state index in [4.69, 9.17) is 14.2 Å². The second-order valence-electron chi connectivity index (χ2n) is 5.87. The van der Waals surface area contributed by atoms with Crippen molar-refractivity contribution in [3.63, 3.8) is 0 Å². The van der Waals surface area contributed by atoms with Gasteiger partial charge in [-0.1, -0.05) is 0 Å². The molecule has 0 bridgehead atoms. The van der Waals surface area contributed by atoms with Gasteiger partial charge in [0.25, 0.3) is 0 Å². The highest BCUT2D eigenvalue weighted by Crippen LogP contribution is 2.35. The molecule has 0 aliphatic heterocycles. The molecule has 1 amide bonds. The van der Waals surface area contributed by atoms with Crippen LogP contribution in [0.1, 0.15) is 33.3 Å². The lowest BCUT2D eigenvalue weighted by Crippen LogP contribution is -2.47. The van der Waals surface area contributed by atoms with Gasteiger partial charge < -0.3 is 24.3 Å².